The quantitative estimate of drug-likeness (QED) is 0.520. The van der Waals surface area contributed by atoms with E-state index in [0.29, 0.717) is 0 Å². The van der Waals surface area contributed by atoms with Crippen LogP contribution in [0.15, 0.2) is 17.7 Å². The summed E-state index contributed by atoms with van der Waals surface area (Å²) in [6.45, 7) is 2.15. The van der Waals surface area contributed by atoms with Gasteiger partial charge in [0.2, 0.25) is 0 Å². The summed E-state index contributed by atoms with van der Waals surface area (Å²) < 4.78 is 2.83. The molecule has 1 rings (SSSR count). The summed E-state index contributed by atoms with van der Waals surface area (Å²) in [5.41, 5.74) is 1.36. The van der Waals surface area contributed by atoms with E-state index in [2.05, 4.69) is 25.2 Å². The monoisotopic (exact) mass is 252 g/mol. The molecule has 0 unspecified atom stereocenters. The van der Waals surface area contributed by atoms with E-state index >= 15 is 0 Å². The molecule has 0 aliphatic heterocycles. The fourth-order valence-electron chi connectivity index (χ4n) is 0.707. The van der Waals surface area contributed by atoms with Crippen LogP contribution < -0.4 is 0 Å². The van der Waals surface area contributed by atoms with Crippen molar-refractivity contribution in [1.82, 2.24) is 0 Å². The predicted octanol–water partition coefficient (Wildman–Crippen LogP) is 1.29. The molecule has 0 amide bonds. The van der Waals surface area contributed by atoms with Crippen molar-refractivity contribution in [2.45, 2.75) is 19.8 Å². The average molecular weight is 252 g/mol. The molecule has 1 aliphatic carbocycles. The van der Waals surface area contributed by atoms with Crippen LogP contribution in [0.3, 0.4) is 0 Å². The first-order valence-electron chi connectivity index (χ1n) is 3.44. The van der Waals surface area contributed by atoms with Gasteiger partial charge in [-0.2, -0.15) is 6.08 Å². The number of carbonyl (C=O) groups excluding carboxylic acids is 2. The molecule has 0 aromatic rings. The van der Waals surface area contributed by atoms with E-state index in [-0.39, 0.29) is 0 Å². The van der Waals surface area contributed by atoms with Crippen molar-refractivity contribution in [2.75, 3.05) is 0 Å². The Morgan fingerprint density at radius 3 is 2.42 bits per heavy atom. The topological polar surface area (TPSA) is 34.1 Å². The zero-order chi connectivity index (χ0) is 9.23. The van der Waals surface area contributed by atoms with Crippen molar-refractivity contribution >= 4 is 8.95 Å². The maximum atomic E-state index is 9.05. The van der Waals surface area contributed by atoms with E-state index in [1.165, 1.54) is 14.5 Å². The number of hydrogen-bond acceptors (Lipinski definition) is 2. The van der Waals surface area contributed by atoms with E-state index in [1.54, 1.807) is 0 Å². The molecule has 1 aliphatic rings. The molecule has 0 heterocycles. The molecule has 0 bridgehead atoms. The first-order valence-corrected chi connectivity index (χ1v) is 5.07. The Balaban J connectivity index is 0.000000217. The molecule has 67 valence electrons. The van der Waals surface area contributed by atoms with E-state index in [0.717, 1.165) is 12.8 Å². The van der Waals surface area contributed by atoms with Crippen molar-refractivity contribution in [3.63, 3.8) is 0 Å². The zero-order valence-corrected chi connectivity index (χ0v) is 8.36. The average Bonchev–Trinajstić information content (AvgIpc) is 2.58. The summed E-state index contributed by atoms with van der Waals surface area (Å²) >= 11 is -0.704. The van der Waals surface area contributed by atoms with Gasteiger partial charge in [0.1, 0.15) is 0 Å². The molecule has 0 radical (unpaired) electrons. The van der Waals surface area contributed by atoms with Crippen LogP contribution in [0.25, 0.3) is 0 Å². The van der Waals surface area contributed by atoms with Gasteiger partial charge in [0.25, 0.3) is 0 Å². The fourth-order valence-corrected chi connectivity index (χ4v) is 0.775. The van der Waals surface area contributed by atoms with Crippen LogP contribution in [0, 0.1) is 6.08 Å². The van der Waals surface area contributed by atoms with E-state index in [9.17, 15) is 0 Å². The van der Waals surface area contributed by atoms with Gasteiger partial charge in [-0.05, 0) is 0 Å². The molecule has 0 saturated carbocycles. The van der Waals surface area contributed by atoms with Crippen LogP contribution in [-0.2, 0) is 25.8 Å². The number of hydrogen-bond donors (Lipinski definition) is 0. The normalized spacial score (nSPS) is 12.2. The van der Waals surface area contributed by atoms with Crippen molar-refractivity contribution in [2.24, 2.45) is 0 Å². The Kier molecular flexibility index (Phi) is 7.85. The Bertz CT molecular complexity index is 274. The summed E-state index contributed by atoms with van der Waals surface area (Å²) in [7, 11) is 0. The van der Waals surface area contributed by atoms with Gasteiger partial charge >= 0.3 is 34.8 Å². The van der Waals surface area contributed by atoms with Crippen LogP contribution in [0.1, 0.15) is 19.8 Å². The van der Waals surface area contributed by atoms with Crippen LogP contribution in [-0.4, -0.2) is 8.95 Å². The Morgan fingerprint density at radius 2 is 2.25 bits per heavy atom. The first kappa shape index (κ1) is 11.3. The molecule has 12 heavy (non-hydrogen) atoms. The van der Waals surface area contributed by atoms with Crippen LogP contribution in [0.4, 0.5) is 0 Å². The van der Waals surface area contributed by atoms with E-state index < -0.39 is 16.2 Å². The van der Waals surface area contributed by atoms with Gasteiger partial charge in [0.05, 0.1) is 0 Å². The Morgan fingerprint density at radius 1 is 1.58 bits per heavy atom. The summed E-state index contributed by atoms with van der Waals surface area (Å²) in [4.78, 5) is 18.1. The minimum atomic E-state index is -0.704. The Hall–Kier alpha value is -0.737. The molecule has 2 nitrogen and oxygen atoms in total. The molecular weight excluding hydrogens is 243 g/mol. The van der Waals surface area contributed by atoms with Gasteiger partial charge in [0, 0.05) is 0 Å². The van der Waals surface area contributed by atoms with Gasteiger partial charge in [0.15, 0.2) is 0 Å². The van der Waals surface area contributed by atoms with Crippen molar-refractivity contribution in [3.05, 3.63) is 23.8 Å². The minimum absolute atomic E-state index is 0.704. The second-order valence-corrected chi connectivity index (χ2v) is 2.96. The van der Waals surface area contributed by atoms with E-state index in [4.69, 9.17) is 9.59 Å². The van der Waals surface area contributed by atoms with Crippen LogP contribution in [0.5, 0.6) is 0 Å². The summed E-state index contributed by atoms with van der Waals surface area (Å²) in [6.07, 6.45) is 9.65. The third-order valence-electron chi connectivity index (χ3n) is 1.21. The second kappa shape index (κ2) is 8.36. The standard InChI is InChI=1S/C7H9.2CO.Rh/c1-2-7-5-3-4-6-7;2*1-2;/h3,5H,2,4H2,1H3;;;/q-1;;;. The number of rotatable bonds is 1. The zero-order valence-electron chi connectivity index (χ0n) is 6.72. The molecular formula is C9H9O2Rh-. The van der Waals surface area contributed by atoms with E-state index in [1.807, 2.05) is 0 Å². The molecule has 3 heteroatoms. The first-order chi connectivity index (χ1) is 5.85. The SMILES string of the molecule is CCC1=[C-]CC=C1.O=[C]=[Rh]=[C]=O. The predicted molar refractivity (Wildman–Crippen MR) is 42.2 cm³/mol. The van der Waals surface area contributed by atoms with Crippen molar-refractivity contribution in [3.8, 4) is 0 Å². The van der Waals surface area contributed by atoms with Gasteiger partial charge in [-0.25, -0.2) is 11.6 Å². The molecule has 0 aromatic heterocycles. The van der Waals surface area contributed by atoms with Gasteiger partial charge < -0.3 is 0 Å². The van der Waals surface area contributed by atoms with Gasteiger partial charge in [-0.15, -0.1) is 6.42 Å². The third-order valence-corrected chi connectivity index (χ3v) is 1.55. The Labute approximate surface area is 78.6 Å². The molecule has 0 spiro atoms. The molecule has 0 fully saturated rings. The third kappa shape index (κ3) is 6.00. The van der Waals surface area contributed by atoms with Gasteiger partial charge in [-0.1, -0.05) is 13.3 Å². The molecule has 0 atom stereocenters. The van der Waals surface area contributed by atoms with Crippen LogP contribution in [0.2, 0.25) is 0 Å². The molecule has 0 saturated heterocycles. The summed E-state index contributed by atoms with van der Waals surface area (Å²) in [5.74, 6) is 0. The molecule has 0 aromatic carbocycles. The molecule has 0 N–H and O–H groups in total. The number of allylic oxidation sites excluding steroid dienone is 4. The van der Waals surface area contributed by atoms with Crippen molar-refractivity contribution in [1.29, 1.82) is 0 Å². The fraction of sp³-hybridized carbons (Fsp3) is 0.333. The van der Waals surface area contributed by atoms with Crippen molar-refractivity contribution < 1.29 is 25.8 Å². The maximum absolute atomic E-state index is 9.05. The summed E-state index contributed by atoms with van der Waals surface area (Å²) in [5, 5.41) is 0. The second-order valence-electron chi connectivity index (χ2n) is 1.88. The van der Waals surface area contributed by atoms with Gasteiger partial charge in [-0.3, -0.25) is 6.08 Å². The summed E-state index contributed by atoms with van der Waals surface area (Å²) in [6, 6.07) is 0. The van der Waals surface area contributed by atoms with Crippen LogP contribution >= 0.6 is 0 Å².